The largest absolute Gasteiger partial charge is 0.475 e. The molecule has 0 aromatic carbocycles. The van der Waals surface area contributed by atoms with Crippen LogP contribution in [0.3, 0.4) is 0 Å². The number of rotatable bonds is 3. The zero-order chi connectivity index (χ0) is 13.1. The molecule has 92 valence electrons. The van der Waals surface area contributed by atoms with Crippen LogP contribution in [0.25, 0.3) is 0 Å². The zero-order valence-electron chi connectivity index (χ0n) is 9.38. The van der Waals surface area contributed by atoms with Gasteiger partial charge in [-0.3, -0.25) is 4.79 Å². The van der Waals surface area contributed by atoms with Crippen molar-refractivity contribution in [1.82, 2.24) is 10.1 Å². The quantitative estimate of drug-likeness (QED) is 0.847. The van der Waals surface area contributed by atoms with Gasteiger partial charge in [0.15, 0.2) is 5.69 Å². The van der Waals surface area contributed by atoms with E-state index in [1.165, 1.54) is 0 Å². The van der Waals surface area contributed by atoms with Crippen molar-refractivity contribution in [3.8, 4) is 0 Å². The van der Waals surface area contributed by atoms with Gasteiger partial charge in [0.1, 0.15) is 5.82 Å². The van der Waals surface area contributed by atoms with Crippen molar-refractivity contribution in [2.75, 3.05) is 5.32 Å². The van der Waals surface area contributed by atoms with E-state index in [1.807, 2.05) is 6.92 Å². The highest BCUT2D eigenvalue weighted by Crippen LogP contribution is 2.09. The van der Waals surface area contributed by atoms with Crippen molar-refractivity contribution in [3.63, 3.8) is 0 Å². The van der Waals surface area contributed by atoms with Crippen LogP contribution in [0.2, 0.25) is 0 Å². The molecule has 2 rings (SSSR count). The second-order valence-electron chi connectivity index (χ2n) is 3.55. The monoisotopic (exact) mass is 247 g/mol. The Balaban J connectivity index is 2.14. The lowest BCUT2D eigenvalue weighted by atomic mass is 10.3. The maximum absolute atomic E-state index is 11.7. The smallest absolute Gasteiger partial charge is 0.374 e. The number of pyridine rings is 1. The first-order valence-electron chi connectivity index (χ1n) is 5.00. The number of aromatic carboxylic acids is 1. The Bertz CT molecular complexity index is 606. The number of hydrogen-bond acceptors (Lipinski definition) is 5. The van der Waals surface area contributed by atoms with Gasteiger partial charge in [0.25, 0.3) is 5.91 Å². The van der Waals surface area contributed by atoms with Gasteiger partial charge in [-0.15, -0.1) is 0 Å². The minimum atomic E-state index is -1.28. The summed E-state index contributed by atoms with van der Waals surface area (Å²) in [5, 5.41) is 14.5. The van der Waals surface area contributed by atoms with E-state index in [0.717, 1.165) is 11.6 Å². The van der Waals surface area contributed by atoms with Crippen LogP contribution in [-0.4, -0.2) is 27.1 Å². The second kappa shape index (κ2) is 4.66. The fraction of sp³-hybridized carbons (Fsp3) is 0.0909. The molecular weight excluding hydrogens is 238 g/mol. The van der Waals surface area contributed by atoms with E-state index < -0.39 is 17.6 Å². The van der Waals surface area contributed by atoms with Crippen molar-refractivity contribution in [1.29, 1.82) is 0 Å². The summed E-state index contributed by atoms with van der Waals surface area (Å²) in [5.74, 6) is -1.89. The number of carboxylic acids is 1. The van der Waals surface area contributed by atoms with Gasteiger partial charge in [-0.05, 0) is 24.6 Å². The highest BCUT2D eigenvalue weighted by Gasteiger charge is 2.16. The number of aromatic nitrogens is 2. The predicted octanol–water partition coefficient (Wildman–Crippen LogP) is 1.33. The fourth-order valence-corrected chi connectivity index (χ4v) is 1.27. The Morgan fingerprint density at radius 1 is 1.39 bits per heavy atom. The van der Waals surface area contributed by atoms with E-state index in [0.29, 0.717) is 5.82 Å². The second-order valence-corrected chi connectivity index (χ2v) is 3.55. The van der Waals surface area contributed by atoms with E-state index in [4.69, 9.17) is 5.11 Å². The van der Waals surface area contributed by atoms with Crippen LogP contribution in [0.4, 0.5) is 5.82 Å². The van der Waals surface area contributed by atoms with E-state index in [1.54, 1.807) is 18.3 Å². The molecule has 2 aromatic rings. The summed E-state index contributed by atoms with van der Waals surface area (Å²) >= 11 is 0. The molecule has 2 N–H and O–H groups in total. The average molecular weight is 247 g/mol. The lowest BCUT2D eigenvalue weighted by molar-refractivity contribution is 0.0651. The first kappa shape index (κ1) is 11.8. The molecule has 0 unspecified atom stereocenters. The van der Waals surface area contributed by atoms with E-state index >= 15 is 0 Å². The minimum Gasteiger partial charge on any atom is -0.475 e. The van der Waals surface area contributed by atoms with Crippen LogP contribution in [0.1, 0.15) is 26.6 Å². The van der Waals surface area contributed by atoms with Crippen molar-refractivity contribution < 1.29 is 19.2 Å². The molecule has 2 heterocycles. The molecule has 0 fully saturated rings. The standard InChI is InChI=1S/C11H9N3O4/c1-6-2-3-12-9(4-6)13-10(15)7-5-8(11(16)17)18-14-7/h2-5H,1H3,(H,16,17)(H,12,13,15). The Hall–Kier alpha value is -2.70. The van der Waals surface area contributed by atoms with Crippen molar-refractivity contribution in [2.24, 2.45) is 0 Å². The summed E-state index contributed by atoms with van der Waals surface area (Å²) in [6.45, 7) is 1.86. The Kier molecular flexibility index (Phi) is 3.05. The molecule has 0 saturated heterocycles. The molecule has 18 heavy (non-hydrogen) atoms. The Morgan fingerprint density at radius 2 is 2.17 bits per heavy atom. The third kappa shape index (κ3) is 2.51. The number of hydrogen-bond donors (Lipinski definition) is 2. The Labute approximate surface area is 101 Å². The number of carbonyl (C=O) groups is 2. The molecule has 0 aliphatic carbocycles. The molecule has 0 saturated carbocycles. The molecule has 0 bridgehead atoms. The molecule has 0 aliphatic heterocycles. The summed E-state index contributed by atoms with van der Waals surface area (Å²) in [6.07, 6.45) is 1.55. The van der Waals surface area contributed by atoms with Gasteiger partial charge >= 0.3 is 5.97 Å². The SMILES string of the molecule is Cc1ccnc(NC(=O)c2cc(C(=O)O)on2)c1. The molecule has 0 radical (unpaired) electrons. The first-order valence-corrected chi connectivity index (χ1v) is 5.00. The summed E-state index contributed by atoms with van der Waals surface area (Å²) in [6, 6.07) is 4.51. The van der Waals surface area contributed by atoms with E-state index in [9.17, 15) is 9.59 Å². The number of carboxylic acid groups (broad SMARTS) is 1. The Morgan fingerprint density at radius 3 is 2.78 bits per heavy atom. The fourth-order valence-electron chi connectivity index (χ4n) is 1.27. The predicted molar refractivity (Wildman–Crippen MR) is 60.4 cm³/mol. The third-order valence-corrected chi connectivity index (χ3v) is 2.11. The molecule has 7 heteroatoms. The minimum absolute atomic E-state index is 0.115. The topological polar surface area (TPSA) is 105 Å². The normalized spacial score (nSPS) is 10.1. The van der Waals surface area contributed by atoms with Gasteiger partial charge in [-0.2, -0.15) is 0 Å². The molecular formula is C11H9N3O4. The van der Waals surface area contributed by atoms with Crippen molar-refractivity contribution in [2.45, 2.75) is 6.92 Å². The van der Waals surface area contributed by atoms with Crippen molar-refractivity contribution in [3.05, 3.63) is 41.4 Å². The number of nitrogens with one attached hydrogen (secondary N) is 1. The van der Waals surface area contributed by atoms with E-state index in [-0.39, 0.29) is 5.69 Å². The van der Waals surface area contributed by atoms with Crippen molar-refractivity contribution >= 4 is 17.7 Å². The molecule has 2 aromatic heterocycles. The lowest BCUT2D eigenvalue weighted by Crippen LogP contribution is -2.13. The summed E-state index contributed by atoms with van der Waals surface area (Å²) in [4.78, 5) is 26.2. The highest BCUT2D eigenvalue weighted by molar-refractivity contribution is 6.03. The summed E-state index contributed by atoms with van der Waals surface area (Å²) < 4.78 is 4.48. The number of aryl methyl sites for hydroxylation is 1. The summed E-state index contributed by atoms with van der Waals surface area (Å²) in [5.41, 5.74) is 0.822. The van der Waals surface area contributed by atoms with Gasteiger partial charge in [-0.25, -0.2) is 9.78 Å². The van der Waals surface area contributed by atoms with Gasteiger partial charge in [0.2, 0.25) is 5.76 Å². The van der Waals surface area contributed by atoms with Crippen LogP contribution < -0.4 is 5.32 Å². The third-order valence-electron chi connectivity index (χ3n) is 2.11. The molecule has 0 atom stereocenters. The molecule has 7 nitrogen and oxygen atoms in total. The molecule has 0 aliphatic rings. The van der Waals surface area contributed by atoms with Crippen LogP contribution in [-0.2, 0) is 0 Å². The maximum Gasteiger partial charge on any atom is 0.374 e. The first-order chi connectivity index (χ1) is 8.56. The lowest BCUT2D eigenvalue weighted by Gasteiger charge is -2.01. The number of anilines is 1. The van der Waals surface area contributed by atoms with Crippen LogP contribution in [0.15, 0.2) is 28.9 Å². The van der Waals surface area contributed by atoms with Gasteiger partial charge < -0.3 is 14.9 Å². The molecule has 1 amide bonds. The number of nitrogens with zero attached hydrogens (tertiary/aromatic N) is 2. The summed E-state index contributed by atoms with van der Waals surface area (Å²) in [7, 11) is 0. The van der Waals surface area contributed by atoms with Crippen LogP contribution in [0.5, 0.6) is 0 Å². The highest BCUT2D eigenvalue weighted by atomic mass is 16.5. The van der Waals surface area contributed by atoms with Gasteiger partial charge in [-0.1, -0.05) is 5.16 Å². The van der Waals surface area contributed by atoms with Gasteiger partial charge in [0, 0.05) is 12.3 Å². The number of carbonyl (C=O) groups excluding carboxylic acids is 1. The number of amides is 1. The average Bonchev–Trinajstić information content (AvgIpc) is 2.78. The van der Waals surface area contributed by atoms with Crippen LogP contribution >= 0.6 is 0 Å². The maximum atomic E-state index is 11.7. The molecule has 0 spiro atoms. The van der Waals surface area contributed by atoms with Crippen LogP contribution in [0, 0.1) is 6.92 Å². The van der Waals surface area contributed by atoms with E-state index in [2.05, 4.69) is 20.0 Å². The van der Waals surface area contributed by atoms with Gasteiger partial charge in [0.05, 0.1) is 0 Å². The zero-order valence-corrected chi connectivity index (χ0v) is 9.38.